The quantitative estimate of drug-likeness (QED) is 0.715. The first-order chi connectivity index (χ1) is 15.0. The number of rotatable bonds is 6. The number of nitrogens with one attached hydrogen (secondary N) is 1. The third-order valence-electron chi connectivity index (χ3n) is 6.78. The van der Waals surface area contributed by atoms with Gasteiger partial charge >= 0.3 is 0 Å². The summed E-state index contributed by atoms with van der Waals surface area (Å²) in [7, 11) is 0. The summed E-state index contributed by atoms with van der Waals surface area (Å²) in [6, 6.07) is 12.5. The fourth-order valence-electron chi connectivity index (χ4n) is 5.41. The van der Waals surface area contributed by atoms with E-state index < -0.39 is 0 Å². The van der Waals surface area contributed by atoms with Gasteiger partial charge in [-0.3, -0.25) is 19.3 Å². The number of nitrogens with zero attached hydrogens (tertiary/aromatic N) is 1. The molecule has 0 spiro atoms. The Labute approximate surface area is 179 Å². The van der Waals surface area contributed by atoms with E-state index in [4.69, 9.17) is 4.74 Å². The lowest BCUT2D eigenvalue weighted by atomic mass is 9.81. The molecule has 3 amide bonds. The van der Waals surface area contributed by atoms with E-state index in [1.54, 1.807) is 24.3 Å². The molecule has 2 bridgehead atoms. The normalized spacial score (nSPS) is 26.3. The molecule has 1 saturated heterocycles. The predicted octanol–water partition coefficient (Wildman–Crippen LogP) is 3.98. The van der Waals surface area contributed by atoms with Gasteiger partial charge in [-0.1, -0.05) is 12.1 Å². The SMILES string of the molecule is O=C(CCN1C(=O)C2C3CCC(C3)C2C1=O)Nc1ccccc1Oc1ccc(F)cc1. The number of halogens is 1. The number of fused-ring (bicyclic) bond motifs is 5. The molecule has 2 aliphatic carbocycles. The Morgan fingerprint density at radius 1 is 1.00 bits per heavy atom. The summed E-state index contributed by atoms with van der Waals surface area (Å²) in [5.74, 6) is 0.317. The van der Waals surface area contributed by atoms with Crippen molar-refractivity contribution in [3.63, 3.8) is 0 Å². The summed E-state index contributed by atoms with van der Waals surface area (Å²) >= 11 is 0. The average Bonchev–Trinajstić information content (AvgIpc) is 3.44. The van der Waals surface area contributed by atoms with Gasteiger partial charge in [0.2, 0.25) is 17.7 Å². The maximum absolute atomic E-state index is 13.1. The van der Waals surface area contributed by atoms with Crippen LogP contribution in [0.3, 0.4) is 0 Å². The van der Waals surface area contributed by atoms with Crippen LogP contribution < -0.4 is 10.1 Å². The number of imide groups is 1. The van der Waals surface area contributed by atoms with Crippen LogP contribution in [0.15, 0.2) is 48.5 Å². The van der Waals surface area contributed by atoms with E-state index in [0.29, 0.717) is 29.0 Å². The van der Waals surface area contributed by atoms with Gasteiger partial charge in [0.25, 0.3) is 0 Å². The van der Waals surface area contributed by atoms with E-state index in [-0.39, 0.29) is 48.3 Å². The third-order valence-corrected chi connectivity index (χ3v) is 6.78. The van der Waals surface area contributed by atoms with Crippen LogP contribution in [0.4, 0.5) is 10.1 Å². The van der Waals surface area contributed by atoms with Crippen LogP contribution >= 0.6 is 0 Å². The van der Waals surface area contributed by atoms with E-state index in [9.17, 15) is 18.8 Å². The Morgan fingerprint density at radius 2 is 1.65 bits per heavy atom. The number of benzene rings is 2. The molecule has 0 aromatic heterocycles. The molecule has 31 heavy (non-hydrogen) atoms. The summed E-state index contributed by atoms with van der Waals surface area (Å²) < 4.78 is 18.9. The lowest BCUT2D eigenvalue weighted by molar-refractivity contribution is -0.140. The average molecular weight is 422 g/mol. The standard InChI is InChI=1S/C24H23FN2O4/c25-16-7-9-17(10-8-16)31-19-4-2-1-3-18(19)26-20(28)11-12-27-23(29)21-14-5-6-15(13-14)22(21)24(27)30/h1-4,7-10,14-15,21-22H,5-6,11-13H2,(H,26,28). The van der Waals surface area contributed by atoms with Crippen LogP contribution in [-0.4, -0.2) is 29.2 Å². The molecule has 4 unspecified atom stereocenters. The highest BCUT2D eigenvalue weighted by Gasteiger charge is 2.60. The maximum atomic E-state index is 13.1. The van der Waals surface area contributed by atoms with Gasteiger partial charge in [-0.15, -0.1) is 0 Å². The minimum absolute atomic E-state index is 0.0249. The van der Waals surface area contributed by atoms with Crippen molar-refractivity contribution in [3.8, 4) is 11.5 Å². The minimum Gasteiger partial charge on any atom is -0.455 e. The highest BCUT2D eigenvalue weighted by Crippen LogP contribution is 2.56. The fourth-order valence-corrected chi connectivity index (χ4v) is 5.41. The summed E-state index contributed by atoms with van der Waals surface area (Å²) in [6.07, 6.45) is 3.08. The molecule has 7 heteroatoms. The zero-order valence-corrected chi connectivity index (χ0v) is 16.9. The Bertz CT molecular complexity index is 1010. The molecule has 1 N–H and O–H groups in total. The second-order valence-electron chi connectivity index (χ2n) is 8.56. The monoisotopic (exact) mass is 422 g/mol. The number of amides is 3. The summed E-state index contributed by atoms with van der Waals surface area (Å²) in [4.78, 5) is 39.4. The predicted molar refractivity (Wildman–Crippen MR) is 111 cm³/mol. The van der Waals surface area contributed by atoms with Crippen molar-refractivity contribution < 1.29 is 23.5 Å². The van der Waals surface area contributed by atoms with Crippen molar-refractivity contribution in [3.05, 3.63) is 54.3 Å². The van der Waals surface area contributed by atoms with Gasteiger partial charge in [-0.25, -0.2) is 4.39 Å². The van der Waals surface area contributed by atoms with Crippen molar-refractivity contribution in [1.82, 2.24) is 4.90 Å². The van der Waals surface area contributed by atoms with Crippen molar-refractivity contribution in [2.45, 2.75) is 25.7 Å². The molecule has 6 nitrogen and oxygen atoms in total. The lowest BCUT2D eigenvalue weighted by Gasteiger charge is -2.19. The Hall–Kier alpha value is -3.22. The van der Waals surface area contributed by atoms with Gasteiger partial charge < -0.3 is 10.1 Å². The highest BCUT2D eigenvalue weighted by molar-refractivity contribution is 6.06. The van der Waals surface area contributed by atoms with E-state index in [2.05, 4.69) is 5.32 Å². The molecule has 0 radical (unpaired) electrons. The van der Waals surface area contributed by atoms with Gasteiger partial charge in [0.05, 0.1) is 17.5 Å². The maximum Gasteiger partial charge on any atom is 0.233 e. The molecular weight excluding hydrogens is 399 g/mol. The lowest BCUT2D eigenvalue weighted by Crippen LogP contribution is -2.35. The van der Waals surface area contributed by atoms with E-state index >= 15 is 0 Å². The highest BCUT2D eigenvalue weighted by atomic mass is 19.1. The molecular formula is C24H23FN2O4. The number of likely N-dealkylation sites (tertiary alicyclic amines) is 1. The van der Waals surface area contributed by atoms with E-state index in [1.807, 2.05) is 0 Å². The second kappa shape index (κ2) is 7.80. The first-order valence-electron chi connectivity index (χ1n) is 10.7. The second-order valence-corrected chi connectivity index (χ2v) is 8.56. The van der Waals surface area contributed by atoms with Crippen molar-refractivity contribution in [1.29, 1.82) is 0 Å². The number of carbonyl (C=O) groups is 3. The van der Waals surface area contributed by atoms with Crippen molar-refractivity contribution in [2.75, 3.05) is 11.9 Å². The summed E-state index contributed by atoms with van der Waals surface area (Å²) in [5, 5.41) is 2.79. The molecule has 3 fully saturated rings. The molecule has 2 saturated carbocycles. The zero-order chi connectivity index (χ0) is 21.5. The number of para-hydroxylation sites is 2. The smallest absolute Gasteiger partial charge is 0.233 e. The van der Waals surface area contributed by atoms with Crippen molar-refractivity contribution >= 4 is 23.4 Å². The Morgan fingerprint density at radius 3 is 2.32 bits per heavy atom. The van der Waals surface area contributed by atoms with Crippen LogP contribution in [0.1, 0.15) is 25.7 Å². The topological polar surface area (TPSA) is 75.7 Å². The molecule has 1 aliphatic heterocycles. The molecule has 2 aromatic rings. The van der Waals surface area contributed by atoms with Crippen LogP contribution in [0, 0.1) is 29.5 Å². The third kappa shape index (κ3) is 3.58. The van der Waals surface area contributed by atoms with Crippen LogP contribution in [-0.2, 0) is 14.4 Å². The van der Waals surface area contributed by atoms with Crippen LogP contribution in [0.2, 0.25) is 0 Å². The molecule has 2 aromatic carbocycles. The first kappa shape index (κ1) is 19.7. The van der Waals surface area contributed by atoms with E-state index in [0.717, 1.165) is 19.3 Å². The first-order valence-corrected chi connectivity index (χ1v) is 10.7. The van der Waals surface area contributed by atoms with Gasteiger partial charge in [0.1, 0.15) is 11.6 Å². The molecule has 1 heterocycles. The van der Waals surface area contributed by atoms with Gasteiger partial charge in [0, 0.05) is 13.0 Å². The van der Waals surface area contributed by atoms with Gasteiger partial charge in [-0.2, -0.15) is 0 Å². The molecule has 5 rings (SSSR count). The number of hydrogen-bond acceptors (Lipinski definition) is 4. The number of anilines is 1. The summed E-state index contributed by atoms with van der Waals surface area (Å²) in [5.41, 5.74) is 0.464. The van der Waals surface area contributed by atoms with Crippen LogP contribution in [0.5, 0.6) is 11.5 Å². The number of carbonyl (C=O) groups excluding carboxylic acids is 3. The minimum atomic E-state index is -0.364. The van der Waals surface area contributed by atoms with Crippen LogP contribution in [0.25, 0.3) is 0 Å². The number of hydrogen-bond donors (Lipinski definition) is 1. The molecule has 160 valence electrons. The zero-order valence-electron chi connectivity index (χ0n) is 16.9. The largest absolute Gasteiger partial charge is 0.455 e. The van der Waals surface area contributed by atoms with E-state index in [1.165, 1.54) is 29.2 Å². The number of ether oxygens (including phenoxy) is 1. The molecule has 4 atom stereocenters. The van der Waals surface area contributed by atoms with Crippen molar-refractivity contribution in [2.24, 2.45) is 23.7 Å². The Balaban J connectivity index is 1.21. The van der Waals surface area contributed by atoms with Gasteiger partial charge in [-0.05, 0) is 67.5 Å². The summed E-state index contributed by atoms with van der Waals surface area (Å²) in [6.45, 7) is 0.0942. The van der Waals surface area contributed by atoms with Gasteiger partial charge in [0.15, 0.2) is 5.75 Å². The Kier molecular flexibility index (Phi) is 4.96. The fraction of sp³-hybridized carbons (Fsp3) is 0.375. The molecule has 3 aliphatic rings.